The van der Waals surface area contributed by atoms with Gasteiger partial charge in [-0.1, -0.05) is 70.5 Å². The summed E-state index contributed by atoms with van der Waals surface area (Å²) in [5, 5.41) is 0. The molecule has 0 N–H and O–H groups in total. The summed E-state index contributed by atoms with van der Waals surface area (Å²) in [5.74, 6) is 0. The molecule has 0 saturated carbocycles. The summed E-state index contributed by atoms with van der Waals surface area (Å²) in [7, 11) is 0. The first-order chi connectivity index (χ1) is 5.85. The van der Waals surface area contributed by atoms with Crippen LogP contribution in [0.25, 0.3) is 0 Å². The predicted octanol–water partition coefficient (Wildman–Crippen LogP) is 4.04. The van der Waals surface area contributed by atoms with E-state index < -0.39 is 0 Å². The highest BCUT2D eigenvalue weighted by molar-refractivity contribution is 6.59. The van der Waals surface area contributed by atoms with Crippen molar-refractivity contribution in [1.82, 2.24) is 0 Å². The molecule has 0 fully saturated rings. The van der Waals surface area contributed by atoms with E-state index in [1.54, 1.807) is 0 Å². The van der Waals surface area contributed by atoms with Gasteiger partial charge in [0, 0.05) is 0 Å². The van der Waals surface area contributed by atoms with Crippen molar-refractivity contribution >= 4 is 6.71 Å². The van der Waals surface area contributed by atoms with Gasteiger partial charge < -0.3 is 0 Å². The first-order valence-electron chi connectivity index (χ1n) is 5.12. The van der Waals surface area contributed by atoms with Crippen LogP contribution in [0.3, 0.4) is 0 Å². The molecule has 1 heteroatoms. The largest absolute Gasteiger partial charge is 0.143 e. The van der Waals surface area contributed by atoms with Crippen molar-refractivity contribution < 1.29 is 0 Å². The predicted molar refractivity (Wildman–Crippen MR) is 60.1 cm³/mol. The third-order valence-electron chi connectivity index (χ3n) is 2.14. The van der Waals surface area contributed by atoms with Crippen LogP contribution in [0.4, 0.5) is 0 Å². The monoisotopic (exact) mass is 164 g/mol. The molecular weight excluding hydrogens is 143 g/mol. The van der Waals surface area contributed by atoms with Gasteiger partial charge in [0.15, 0.2) is 0 Å². The fourth-order valence-electron chi connectivity index (χ4n) is 1.56. The Labute approximate surface area is 77.8 Å². The molecule has 0 saturated heterocycles. The van der Waals surface area contributed by atoms with Gasteiger partial charge >= 0.3 is 0 Å². The minimum Gasteiger partial charge on any atom is -0.0991 e. The van der Waals surface area contributed by atoms with Crippen molar-refractivity contribution in [3.8, 4) is 0 Å². The standard InChI is InChI=1S/C11H21B/c1-4-7-8-11-12(9-5-2)10-6-3/h4,7-8H,1,5-6,9-11H2,2-3H3/b8-7-. The molecule has 0 aromatic rings. The summed E-state index contributed by atoms with van der Waals surface area (Å²) in [6.07, 6.45) is 12.7. The Morgan fingerprint density at radius 2 is 1.75 bits per heavy atom. The fraction of sp³-hybridized carbons (Fsp3) is 0.636. The molecule has 0 radical (unpaired) electrons. The van der Waals surface area contributed by atoms with E-state index in [0.717, 1.165) is 6.71 Å². The number of rotatable bonds is 7. The maximum Gasteiger partial charge on any atom is 0.143 e. The van der Waals surface area contributed by atoms with Gasteiger partial charge in [-0.05, 0) is 0 Å². The molecule has 68 valence electrons. The average molecular weight is 164 g/mol. The Kier molecular flexibility index (Phi) is 8.31. The van der Waals surface area contributed by atoms with E-state index in [2.05, 4.69) is 32.6 Å². The van der Waals surface area contributed by atoms with Gasteiger partial charge in [-0.25, -0.2) is 0 Å². The van der Waals surface area contributed by atoms with Gasteiger partial charge in [0.05, 0.1) is 0 Å². The Balaban J connectivity index is 3.61. The maximum absolute atomic E-state index is 3.66. The molecule has 0 heterocycles. The highest BCUT2D eigenvalue weighted by Gasteiger charge is 2.07. The smallest absolute Gasteiger partial charge is 0.0991 e. The van der Waals surface area contributed by atoms with E-state index in [0.29, 0.717) is 0 Å². The minimum atomic E-state index is 0.899. The first kappa shape index (κ1) is 11.5. The van der Waals surface area contributed by atoms with E-state index in [1.165, 1.54) is 31.8 Å². The molecule has 0 aliphatic rings. The normalized spacial score (nSPS) is 10.5. The van der Waals surface area contributed by atoms with E-state index in [9.17, 15) is 0 Å². The lowest BCUT2D eigenvalue weighted by Crippen LogP contribution is -2.09. The molecule has 0 bridgehead atoms. The second-order valence-electron chi connectivity index (χ2n) is 3.34. The Hall–Kier alpha value is -0.455. The summed E-state index contributed by atoms with van der Waals surface area (Å²) in [4.78, 5) is 0. The zero-order valence-electron chi connectivity index (χ0n) is 8.55. The third-order valence-corrected chi connectivity index (χ3v) is 2.14. The van der Waals surface area contributed by atoms with Gasteiger partial charge in [-0.3, -0.25) is 0 Å². The van der Waals surface area contributed by atoms with Crippen LogP contribution < -0.4 is 0 Å². The number of hydrogen-bond acceptors (Lipinski definition) is 0. The van der Waals surface area contributed by atoms with E-state index in [1.807, 2.05) is 6.08 Å². The van der Waals surface area contributed by atoms with Crippen LogP contribution in [0.5, 0.6) is 0 Å². The molecule has 0 amide bonds. The molecular formula is C11H21B. The molecule has 0 nitrogen and oxygen atoms in total. The van der Waals surface area contributed by atoms with Crippen LogP contribution in [0.1, 0.15) is 26.7 Å². The molecule has 0 aliphatic heterocycles. The van der Waals surface area contributed by atoms with E-state index in [4.69, 9.17) is 0 Å². The Bertz CT molecular complexity index is 121. The molecule has 0 aliphatic carbocycles. The van der Waals surface area contributed by atoms with Gasteiger partial charge in [0.25, 0.3) is 0 Å². The van der Waals surface area contributed by atoms with Crippen molar-refractivity contribution in [2.45, 2.75) is 45.6 Å². The first-order valence-corrected chi connectivity index (χ1v) is 5.12. The summed E-state index contributed by atoms with van der Waals surface area (Å²) in [6, 6.07) is 0. The summed E-state index contributed by atoms with van der Waals surface area (Å²) in [5.41, 5.74) is 0. The van der Waals surface area contributed by atoms with Crippen LogP contribution in [0, 0.1) is 0 Å². The van der Waals surface area contributed by atoms with Gasteiger partial charge in [0.1, 0.15) is 6.71 Å². The quantitative estimate of drug-likeness (QED) is 0.393. The molecule has 0 aromatic heterocycles. The van der Waals surface area contributed by atoms with Crippen molar-refractivity contribution in [3.63, 3.8) is 0 Å². The Morgan fingerprint density at radius 3 is 2.17 bits per heavy atom. The zero-order chi connectivity index (χ0) is 9.23. The fourth-order valence-corrected chi connectivity index (χ4v) is 1.56. The highest BCUT2D eigenvalue weighted by Crippen LogP contribution is 2.11. The third kappa shape index (κ3) is 6.27. The van der Waals surface area contributed by atoms with Gasteiger partial charge in [0.2, 0.25) is 0 Å². The molecule has 12 heavy (non-hydrogen) atoms. The van der Waals surface area contributed by atoms with Crippen LogP contribution in [-0.4, -0.2) is 6.71 Å². The van der Waals surface area contributed by atoms with Crippen LogP contribution >= 0.6 is 0 Å². The summed E-state index contributed by atoms with van der Waals surface area (Å²) >= 11 is 0. The molecule has 0 aromatic carbocycles. The Morgan fingerprint density at radius 1 is 1.17 bits per heavy atom. The lowest BCUT2D eigenvalue weighted by molar-refractivity contribution is 0.999. The van der Waals surface area contributed by atoms with Crippen LogP contribution in [0.15, 0.2) is 24.8 Å². The molecule has 0 rings (SSSR count). The van der Waals surface area contributed by atoms with Crippen molar-refractivity contribution in [2.75, 3.05) is 0 Å². The lowest BCUT2D eigenvalue weighted by Gasteiger charge is -2.07. The molecule has 0 spiro atoms. The van der Waals surface area contributed by atoms with E-state index in [-0.39, 0.29) is 0 Å². The van der Waals surface area contributed by atoms with Gasteiger partial charge in [-0.15, -0.1) is 0 Å². The summed E-state index contributed by atoms with van der Waals surface area (Å²) < 4.78 is 0. The molecule has 0 atom stereocenters. The van der Waals surface area contributed by atoms with Crippen LogP contribution in [-0.2, 0) is 0 Å². The van der Waals surface area contributed by atoms with Crippen LogP contribution in [0.2, 0.25) is 19.0 Å². The SMILES string of the molecule is C=C/C=C\CB(CCC)CCC. The second kappa shape index (κ2) is 8.64. The number of hydrogen-bond donors (Lipinski definition) is 0. The molecule has 0 unspecified atom stereocenters. The van der Waals surface area contributed by atoms with Crippen molar-refractivity contribution in [3.05, 3.63) is 24.8 Å². The zero-order valence-corrected chi connectivity index (χ0v) is 8.55. The van der Waals surface area contributed by atoms with E-state index >= 15 is 0 Å². The van der Waals surface area contributed by atoms with Crippen molar-refractivity contribution in [2.24, 2.45) is 0 Å². The maximum atomic E-state index is 3.66. The van der Waals surface area contributed by atoms with Crippen molar-refractivity contribution in [1.29, 1.82) is 0 Å². The summed E-state index contributed by atoms with van der Waals surface area (Å²) in [6.45, 7) is 9.09. The topological polar surface area (TPSA) is 0 Å². The highest BCUT2D eigenvalue weighted by atomic mass is 13.8. The lowest BCUT2D eigenvalue weighted by atomic mass is 9.42. The second-order valence-corrected chi connectivity index (χ2v) is 3.34. The average Bonchev–Trinajstić information content (AvgIpc) is 2.06. The van der Waals surface area contributed by atoms with Gasteiger partial charge in [-0.2, -0.15) is 0 Å². The number of allylic oxidation sites excluding steroid dienone is 3. The minimum absolute atomic E-state index is 0.899.